The summed E-state index contributed by atoms with van der Waals surface area (Å²) in [6, 6.07) is 15.8. The number of benzene rings is 2. The van der Waals surface area contributed by atoms with Crippen molar-refractivity contribution in [3.8, 4) is 5.75 Å². The van der Waals surface area contributed by atoms with E-state index >= 15 is 0 Å². The Morgan fingerprint density at radius 1 is 1.14 bits per heavy atom. The lowest BCUT2D eigenvalue weighted by Crippen LogP contribution is -2.41. The summed E-state index contributed by atoms with van der Waals surface area (Å²) < 4.78 is 0. The molecule has 0 saturated carbocycles. The van der Waals surface area contributed by atoms with Crippen molar-refractivity contribution < 1.29 is 9.90 Å². The molecule has 0 fully saturated rings. The van der Waals surface area contributed by atoms with E-state index in [1.807, 2.05) is 43.3 Å². The van der Waals surface area contributed by atoms with Crippen molar-refractivity contribution in [3.05, 3.63) is 78.4 Å². The Bertz CT molecular complexity index is 623. The third-order valence-corrected chi connectivity index (χ3v) is 3.53. The van der Waals surface area contributed by atoms with Gasteiger partial charge in [-0.05, 0) is 35.7 Å². The minimum atomic E-state index is -0.194. The van der Waals surface area contributed by atoms with Crippen molar-refractivity contribution in [2.75, 3.05) is 0 Å². The maximum atomic E-state index is 12.1. The van der Waals surface area contributed by atoms with Crippen LogP contribution in [0.5, 0.6) is 5.75 Å². The van der Waals surface area contributed by atoms with Gasteiger partial charge in [0.25, 0.3) is 5.91 Å². The molecule has 22 heavy (non-hydrogen) atoms. The van der Waals surface area contributed by atoms with Crippen molar-refractivity contribution in [3.63, 3.8) is 0 Å². The topological polar surface area (TPSA) is 61.4 Å². The number of hydrogen-bond donors (Lipinski definition) is 3. The number of carbonyl (C=O) groups excluding carboxylic acids is 1. The Labute approximate surface area is 130 Å². The van der Waals surface area contributed by atoms with Crippen LogP contribution in [0.15, 0.2) is 67.3 Å². The molecule has 0 unspecified atom stereocenters. The summed E-state index contributed by atoms with van der Waals surface area (Å²) in [5.74, 6) is 0.114. The van der Waals surface area contributed by atoms with Crippen molar-refractivity contribution in [1.82, 2.24) is 10.9 Å². The lowest BCUT2D eigenvalue weighted by Gasteiger charge is -2.24. The van der Waals surface area contributed by atoms with Crippen LogP contribution < -0.4 is 10.9 Å². The molecule has 0 aliphatic heterocycles. The van der Waals surface area contributed by atoms with Gasteiger partial charge in [0.15, 0.2) is 0 Å². The van der Waals surface area contributed by atoms with E-state index in [0.717, 1.165) is 5.56 Å². The average Bonchev–Trinajstić information content (AvgIpc) is 2.56. The Balaban J connectivity index is 2.09. The molecule has 2 atom stereocenters. The number of phenolic OH excluding ortho intramolecular Hbond substituents is 1. The van der Waals surface area contributed by atoms with Crippen molar-refractivity contribution >= 4 is 5.91 Å². The number of hydrogen-bond acceptors (Lipinski definition) is 3. The Morgan fingerprint density at radius 2 is 1.77 bits per heavy atom. The maximum Gasteiger partial charge on any atom is 0.265 e. The fourth-order valence-electron chi connectivity index (χ4n) is 2.14. The molecule has 2 aromatic rings. The third-order valence-electron chi connectivity index (χ3n) is 3.53. The van der Waals surface area contributed by atoms with Gasteiger partial charge in [0.2, 0.25) is 0 Å². The van der Waals surface area contributed by atoms with E-state index in [4.69, 9.17) is 0 Å². The second-order valence-electron chi connectivity index (χ2n) is 5.13. The minimum absolute atomic E-state index is 0.0978. The summed E-state index contributed by atoms with van der Waals surface area (Å²) in [4.78, 5) is 12.1. The molecule has 0 bridgehead atoms. The summed E-state index contributed by atoms with van der Waals surface area (Å²) in [5, 5.41) is 9.39. The van der Waals surface area contributed by atoms with Crippen LogP contribution in [0.3, 0.4) is 0 Å². The van der Waals surface area contributed by atoms with Gasteiger partial charge in [-0.15, -0.1) is 6.58 Å². The first-order valence-corrected chi connectivity index (χ1v) is 7.14. The second kappa shape index (κ2) is 7.43. The number of nitrogens with one attached hydrogen (secondary N) is 2. The predicted molar refractivity (Wildman–Crippen MR) is 87.3 cm³/mol. The lowest BCUT2D eigenvalue weighted by atomic mass is 9.95. The number of rotatable bonds is 6. The van der Waals surface area contributed by atoms with Crippen LogP contribution in [0, 0.1) is 5.92 Å². The minimum Gasteiger partial charge on any atom is -0.508 e. The zero-order valence-electron chi connectivity index (χ0n) is 12.5. The Kier molecular flexibility index (Phi) is 5.33. The molecule has 0 radical (unpaired) electrons. The number of phenols is 1. The highest BCUT2D eigenvalue weighted by molar-refractivity contribution is 5.93. The molecule has 0 aliphatic carbocycles. The first kappa shape index (κ1) is 15.8. The molecular weight excluding hydrogens is 276 g/mol. The van der Waals surface area contributed by atoms with Gasteiger partial charge in [-0.1, -0.05) is 43.3 Å². The molecule has 4 heteroatoms. The molecule has 4 nitrogen and oxygen atoms in total. The first-order valence-electron chi connectivity index (χ1n) is 7.14. The van der Waals surface area contributed by atoms with Crippen LogP contribution in [0.1, 0.15) is 28.9 Å². The van der Waals surface area contributed by atoms with Crippen LogP contribution in [-0.4, -0.2) is 11.0 Å². The van der Waals surface area contributed by atoms with Crippen LogP contribution >= 0.6 is 0 Å². The zero-order chi connectivity index (χ0) is 15.9. The van der Waals surface area contributed by atoms with Gasteiger partial charge in [0.05, 0.1) is 6.04 Å². The van der Waals surface area contributed by atoms with Gasteiger partial charge >= 0.3 is 0 Å². The first-order chi connectivity index (χ1) is 10.6. The van der Waals surface area contributed by atoms with E-state index in [9.17, 15) is 9.90 Å². The second-order valence-corrected chi connectivity index (χ2v) is 5.13. The monoisotopic (exact) mass is 296 g/mol. The summed E-state index contributed by atoms with van der Waals surface area (Å²) in [7, 11) is 0. The van der Waals surface area contributed by atoms with Crippen LogP contribution in [0.25, 0.3) is 0 Å². The highest BCUT2D eigenvalue weighted by atomic mass is 16.3. The standard InChI is InChI=1S/C18H20N2O2/c1-3-13(2)17(14-9-11-16(21)12-10-14)19-20-18(22)15-7-5-4-6-8-15/h3-13,17,19,21H,1H2,2H3,(H,20,22)/t13-,17-/m0/s1. The summed E-state index contributed by atoms with van der Waals surface area (Å²) in [6.07, 6.45) is 1.82. The molecule has 114 valence electrons. The van der Waals surface area contributed by atoms with Crippen molar-refractivity contribution in [1.29, 1.82) is 0 Å². The van der Waals surface area contributed by atoms with E-state index in [1.54, 1.807) is 24.3 Å². The fourth-order valence-corrected chi connectivity index (χ4v) is 2.14. The normalized spacial score (nSPS) is 13.1. The molecule has 0 aromatic heterocycles. The van der Waals surface area contributed by atoms with Gasteiger partial charge in [0, 0.05) is 5.56 Å². The maximum absolute atomic E-state index is 12.1. The van der Waals surface area contributed by atoms with Crippen molar-refractivity contribution in [2.45, 2.75) is 13.0 Å². The Hall–Kier alpha value is -2.59. The SMILES string of the molecule is C=C[C@H](C)[C@H](NNC(=O)c1ccccc1)c1ccc(O)cc1. The summed E-state index contributed by atoms with van der Waals surface area (Å²) >= 11 is 0. The van der Waals surface area contributed by atoms with E-state index < -0.39 is 0 Å². The Morgan fingerprint density at radius 3 is 2.36 bits per heavy atom. The number of hydrazine groups is 1. The van der Waals surface area contributed by atoms with Crippen LogP contribution in [0.4, 0.5) is 0 Å². The van der Waals surface area contributed by atoms with Gasteiger partial charge in [-0.3, -0.25) is 10.2 Å². The summed E-state index contributed by atoms with van der Waals surface area (Å²) in [5.41, 5.74) is 7.33. The van der Waals surface area contributed by atoms with E-state index in [-0.39, 0.29) is 23.6 Å². The third kappa shape index (κ3) is 3.96. The molecule has 2 aromatic carbocycles. The molecule has 0 spiro atoms. The summed E-state index contributed by atoms with van der Waals surface area (Å²) in [6.45, 7) is 5.81. The quantitative estimate of drug-likeness (QED) is 0.567. The van der Waals surface area contributed by atoms with Gasteiger partial charge in [-0.25, -0.2) is 5.43 Å². The molecule has 0 saturated heterocycles. The molecule has 0 heterocycles. The predicted octanol–water partition coefficient (Wildman–Crippen LogP) is 3.19. The van der Waals surface area contributed by atoms with Crippen LogP contribution in [-0.2, 0) is 0 Å². The highest BCUT2D eigenvalue weighted by Crippen LogP contribution is 2.23. The highest BCUT2D eigenvalue weighted by Gasteiger charge is 2.18. The number of amides is 1. The smallest absolute Gasteiger partial charge is 0.265 e. The number of carbonyl (C=O) groups is 1. The largest absolute Gasteiger partial charge is 0.508 e. The van der Waals surface area contributed by atoms with E-state index in [0.29, 0.717) is 5.56 Å². The molecule has 3 N–H and O–H groups in total. The molecule has 1 amide bonds. The molecule has 0 aliphatic rings. The molecular formula is C18H20N2O2. The van der Waals surface area contributed by atoms with Gasteiger partial charge < -0.3 is 5.11 Å². The van der Waals surface area contributed by atoms with Crippen molar-refractivity contribution in [2.24, 2.45) is 5.92 Å². The fraction of sp³-hybridized carbons (Fsp3) is 0.167. The average molecular weight is 296 g/mol. The van der Waals surface area contributed by atoms with Crippen LogP contribution in [0.2, 0.25) is 0 Å². The van der Waals surface area contributed by atoms with E-state index in [1.165, 1.54) is 0 Å². The zero-order valence-corrected chi connectivity index (χ0v) is 12.5. The number of aromatic hydroxyl groups is 1. The molecule has 2 rings (SSSR count). The van der Waals surface area contributed by atoms with E-state index in [2.05, 4.69) is 17.4 Å². The van der Waals surface area contributed by atoms with Gasteiger partial charge in [-0.2, -0.15) is 0 Å². The van der Waals surface area contributed by atoms with Gasteiger partial charge in [0.1, 0.15) is 5.75 Å². The lowest BCUT2D eigenvalue weighted by molar-refractivity contribution is 0.0921.